The van der Waals surface area contributed by atoms with Gasteiger partial charge in [-0.3, -0.25) is 14.9 Å². The highest BCUT2D eigenvalue weighted by Crippen LogP contribution is 2.49. The first-order valence-electron chi connectivity index (χ1n) is 7.01. The zero-order valence-electron chi connectivity index (χ0n) is 11.9. The fourth-order valence-electron chi connectivity index (χ4n) is 2.56. The minimum atomic E-state index is -0.436. The molecule has 0 heterocycles. The van der Waals surface area contributed by atoms with E-state index in [1.165, 1.54) is 25.8 Å². The number of carbonyl (C=O) groups is 1. The van der Waals surface area contributed by atoms with Crippen LogP contribution in [0, 0.1) is 15.5 Å². The standard InChI is InChI=1S/C15H20N2O3/c1-3-6-15(7-8-15)10-16-13-5-4-12(11(2)18)9-14(13)17(19)20/h4-5,9,16H,3,6-8,10H2,1-2H3. The normalized spacial score (nSPS) is 15.7. The van der Waals surface area contributed by atoms with E-state index in [2.05, 4.69) is 12.2 Å². The van der Waals surface area contributed by atoms with Crippen LogP contribution in [0.15, 0.2) is 18.2 Å². The summed E-state index contributed by atoms with van der Waals surface area (Å²) in [6.07, 6.45) is 4.66. The summed E-state index contributed by atoms with van der Waals surface area (Å²) in [6.45, 7) is 4.33. The second kappa shape index (κ2) is 5.61. The molecule has 1 aliphatic carbocycles. The molecule has 1 aromatic rings. The van der Waals surface area contributed by atoms with Crippen LogP contribution in [0.4, 0.5) is 11.4 Å². The summed E-state index contributed by atoms with van der Waals surface area (Å²) in [7, 11) is 0. The van der Waals surface area contributed by atoms with Gasteiger partial charge < -0.3 is 5.32 Å². The second-order valence-electron chi connectivity index (χ2n) is 5.65. The maximum absolute atomic E-state index is 11.3. The molecule has 1 fully saturated rings. The molecule has 0 saturated heterocycles. The average Bonchev–Trinajstić information content (AvgIpc) is 3.16. The Bertz CT molecular complexity index is 536. The lowest BCUT2D eigenvalue weighted by Crippen LogP contribution is -2.16. The third-order valence-corrected chi connectivity index (χ3v) is 3.99. The van der Waals surface area contributed by atoms with E-state index in [-0.39, 0.29) is 11.5 Å². The van der Waals surface area contributed by atoms with Crippen molar-refractivity contribution >= 4 is 17.2 Å². The molecule has 20 heavy (non-hydrogen) atoms. The number of nitro groups is 1. The Hall–Kier alpha value is -1.91. The molecule has 0 radical (unpaired) electrons. The molecule has 5 nitrogen and oxygen atoms in total. The quantitative estimate of drug-likeness (QED) is 0.467. The molecule has 1 aliphatic rings. The number of nitrogens with zero attached hydrogens (tertiary/aromatic N) is 1. The van der Waals surface area contributed by atoms with E-state index in [0.717, 1.165) is 19.4 Å². The lowest BCUT2D eigenvalue weighted by atomic mass is 10.0. The van der Waals surface area contributed by atoms with Gasteiger partial charge in [0.2, 0.25) is 0 Å². The van der Waals surface area contributed by atoms with E-state index < -0.39 is 4.92 Å². The molecular formula is C15H20N2O3. The van der Waals surface area contributed by atoms with Crippen molar-refractivity contribution in [3.8, 4) is 0 Å². The molecule has 0 atom stereocenters. The van der Waals surface area contributed by atoms with Crippen molar-refractivity contribution in [1.29, 1.82) is 0 Å². The Labute approximate surface area is 118 Å². The third-order valence-electron chi connectivity index (χ3n) is 3.99. The molecule has 1 aromatic carbocycles. The van der Waals surface area contributed by atoms with E-state index in [1.54, 1.807) is 12.1 Å². The van der Waals surface area contributed by atoms with Crippen LogP contribution in [0.25, 0.3) is 0 Å². The Morgan fingerprint density at radius 3 is 2.65 bits per heavy atom. The molecule has 0 amide bonds. The smallest absolute Gasteiger partial charge is 0.293 e. The number of carbonyl (C=O) groups excluding carboxylic acids is 1. The molecule has 1 N–H and O–H groups in total. The van der Waals surface area contributed by atoms with E-state index in [0.29, 0.717) is 16.7 Å². The van der Waals surface area contributed by atoms with E-state index in [4.69, 9.17) is 0 Å². The summed E-state index contributed by atoms with van der Waals surface area (Å²) in [5.41, 5.74) is 1.17. The molecule has 0 aromatic heterocycles. The second-order valence-corrected chi connectivity index (χ2v) is 5.65. The van der Waals surface area contributed by atoms with Gasteiger partial charge in [0.25, 0.3) is 5.69 Å². The Balaban J connectivity index is 2.15. The molecule has 1 saturated carbocycles. The summed E-state index contributed by atoms with van der Waals surface area (Å²) >= 11 is 0. The van der Waals surface area contributed by atoms with Crippen LogP contribution >= 0.6 is 0 Å². The van der Waals surface area contributed by atoms with Gasteiger partial charge in [-0.25, -0.2) is 0 Å². The maximum Gasteiger partial charge on any atom is 0.293 e. The highest BCUT2D eigenvalue weighted by molar-refractivity contribution is 5.95. The number of nitrogens with one attached hydrogen (secondary N) is 1. The van der Waals surface area contributed by atoms with Crippen molar-refractivity contribution in [1.82, 2.24) is 0 Å². The van der Waals surface area contributed by atoms with Gasteiger partial charge in [-0.15, -0.1) is 0 Å². The molecule has 5 heteroatoms. The summed E-state index contributed by atoms with van der Waals surface area (Å²) in [5.74, 6) is -0.163. The average molecular weight is 276 g/mol. The predicted molar refractivity (Wildman–Crippen MR) is 78.2 cm³/mol. The van der Waals surface area contributed by atoms with Crippen LogP contribution in [-0.2, 0) is 0 Å². The molecule has 0 spiro atoms. The summed E-state index contributed by atoms with van der Waals surface area (Å²) in [5, 5.41) is 14.3. The number of hydrogen-bond acceptors (Lipinski definition) is 4. The molecule has 0 aliphatic heterocycles. The highest BCUT2D eigenvalue weighted by Gasteiger charge is 2.41. The van der Waals surface area contributed by atoms with Crippen LogP contribution < -0.4 is 5.32 Å². The van der Waals surface area contributed by atoms with Gasteiger partial charge in [0.05, 0.1) is 4.92 Å². The zero-order chi connectivity index (χ0) is 14.8. The van der Waals surface area contributed by atoms with E-state index >= 15 is 0 Å². The number of Topliss-reactive ketones (excluding diaryl/α,β-unsaturated/α-hetero) is 1. The molecule has 0 bridgehead atoms. The third kappa shape index (κ3) is 3.15. The minimum absolute atomic E-state index is 0.0231. The number of anilines is 1. The van der Waals surface area contributed by atoms with Crippen LogP contribution in [0.1, 0.15) is 49.9 Å². The topological polar surface area (TPSA) is 72.2 Å². The Kier molecular flexibility index (Phi) is 4.06. The first-order valence-corrected chi connectivity index (χ1v) is 7.01. The van der Waals surface area contributed by atoms with Crippen molar-refractivity contribution in [2.45, 2.75) is 39.5 Å². The number of benzene rings is 1. The van der Waals surface area contributed by atoms with Gasteiger partial charge in [-0.05, 0) is 43.7 Å². The largest absolute Gasteiger partial charge is 0.379 e. The molecule has 108 valence electrons. The number of ketones is 1. The van der Waals surface area contributed by atoms with Crippen molar-refractivity contribution in [2.24, 2.45) is 5.41 Å². The van der Waals surface area contributed by atoms with Crippen molar-refractivity contribution in [3.05, 3.63) is 33.9 Å². The van der Waals surface area contributed by atoms with Gasteiger partial charge in [0.15, 0.2) is 5.78 Å². The van der Waals surface area contributed by atoms with Crippen LogP contribution in [0.5, 0.6) is 0 Å². The van der Waals surface area contributed by atoms with Crippen molar-refractivity contribution in [3.63, 3.8) is 0 Å². The van der Waals surface area contributed by atoms with Crippen LogP contribution in [0.3, 0.4) is 0 Å². The van der Waals surface area contributed by atoms with E-state index in [9.17, 15) is 14.9 Å². The first kappa shape index (κ1) is 14.5. The van der Waals surface area contributed by atoms with E-state index in [1.807, 2.05) is 0 Å². The van der Waals surface area contributed by atoms with Gasteiger partial charge in [0.1, 0.15) is 5.69 Å². The lowest BCUT2D eigenvalue weighted by molar-refractivity contribution is -0.384. The molecular weight excluding hydrogens is 256 g/mol. The number of hydrogen-bond donors (Lipinski definition) is 1. The Morgan fingerprint density at radius 1 is 1.45 bits per heavy atom. The summed E-state index contributed by atoms with van der Waals surface area (Å²) in [6, 6.07) is 4.62. The van der Waals surface area contributed by atoms with Crippen LogP contribution in [-0.4, -0.2) is 17.3 Å². The first-order chi connectivity index (χ1) is 9.47. The SMILES string of the molecule is CCCC1(CNc2ccc(C(C)=O)cc2[N+](=O)[O-])CC1. The van der Waals surface area contributed by atoms with Crippen molar-refractivity contribution < 1.29 is 9.72 Å². The lowest BCUT2D eigenvalue weighted by Gasteiger charge is -2.16. The minimum Gasteiger partial charge on any atom is -0.379 e. The summed E-state index contributed by atoms with van der Waals surface area (Å²) in [4.78, 5) is 22.0. The summed E-state index contributed by atoms with van der Waals surface area (Å²) < 4.78 is 0. The highest BCUT2D eigenvalue weighted by atomic mass is 16.6. The fraction of sp³-hybridized carbons (Fsp3) is 0.533. The number of nitro benzene ring substituents is 1. The van der Waals surface area contributed by atoms with Gasteiger partial charge >= 0.3 is 0 Å². The zero-order valence-corrected chi connectivity index (χ0v) is 11.9. The molecule has 0 unspecified atom stereocenters. The predicted octanol–water partition coefficient (Wildman–Crippen LogP) is 3.79. The van der Waals surface area contributed by atoms with Gasteiger partial charge in [-0.2, -0.15) is 0 Å². The number of rotatable bonds is 7. The maximum atomic E-state index is 11.3. The van der Waals surface area contributed by atoms with Gasteiger partial charge in [0, 0.05) is 18.2 Å². The van der Waals surface area contributed by atoms with Gasteiger partial charge in [-0.1, -0.05) is 13.3 Å². The van der Waals surface area contributed by atoms with Crippen molar-refractivity contribution in [2.75, 3.05) is 11.9 Å². The molecule has 2 rings (SSSR count). The monoisotopic (exact) mass is 276 g/mol. The fourth-order valence-corrected chi connectivity index (χ4v) is 2.56. The van der Waals surface area contributed by atoms with Crippen LogP contribution in [0.2, 0.25) is 0 Å². The Morgan fingerprint density at radius 2 is 2.15 bits per heavy atom.